The van der Waals surface area contributed by atoms with Crippen LogP contribution in [0.1, 0.15) is 0 Å². The van der Waals surface area contributed by atoms with Gasteiger partial charge >= 0.3 is 0 Å². The van der Waals surface area contributed by atoms with Gasteiger partial charge in [-0.25, -0.2) is 0 Å². The fraction of sp³-hybridized carbons (Fsp3) is 0. The lowest BCUT2D eigenvalue weighted by molar-refractivity contribution is 0.487. The molecule has 45 heavy (non-hydrogen) atoms. The zero-order valence-electron chi connectivity index (χ0n) is 24.4. The minimum atomic E-state index is 0.910. The predicted octanol–water partition coefficient (Wildman–Crippen LogP) is 12.6. The van der Waals surface area contributed by atoms with Crippen LogP contribution >= 0.6 is 0 Å². The van der Waals surface area contributed by atoms with Crippen molar-refractivity contribution in [3.8, 4) is 44.9 Å². The number of hydrogen-bond acceptors (Lipinski definition) is 1. The third-order valence-electron chi connectivity index (χ3n) is 9.62. The van der Waals surface area contributed by atoms with Gasteiger partial charge in [0.05, 0.1) is 0 Å². The Kier molecular flexibility index (Phi) is 5.06. The summed E-state index contributed by atoms with van der Waals surface area (Å²) in [5.41, 5.74) is 7.43. The van der Waals surface area contributed by atoms with Crippen LogP contribution < -0.4 is 4.74 Å². The lowest BCUT2D eigenvalue weighted by Gasteiger charge is -2.24. The van der Waals surface area contributed by atoms with Gasteiger partial charge in [-0.05, 0) is 101 Å². The molecule has 0 radical (unpaired) electrons. The van der Waals surface area contributed by atoms with Gasteiger partial charge in [-0.1, -0.05) is 133 Å². The maximum absolute atomic E-state index is 6.47. The Morgan fingerprint density at radius 1 is 0.289 bits per heavy atom. The lowest BCUT2D eigenvalue weighted by atomic mass is 9.81. The average Bonchev–Trinajstić information content (AvgIpc) is 3.10. The second kappa shape index (κ2) is 9.29. The second-order valence-electron chi connectivity index (χ2n) is 12.0. The van der Waals surface area contributed by atoms with Crippen molar-refractivity contribution in [1.82, 2.24) is 0 Å². The molecular formula is C44H26O. The summed E-state index contributed by atoms with van der Waals surface area (Å²) >= 11 is 0. The molecule has 0 fully saturated rings. The molecular weight excluding hydrogens is 544 g/mol. The van der Waals surface area contributed by atoms with Crippen LogP contribution in [-0.2, 0) is 0 Å². The molecule has 0 saturated heterocycles. The lowest BCUT2D eigenvalue weighted by Crippen LogP contribution is -1.98. The van der Waals surface area contributed by atoms with E-state index in [1.165, 1.54) is 81.7 Å². The molecule has 0 atom stereocenters. The molecule has 1 aliphatic rings. The van der Waals surface area contributed by atoms with E-state index < -0.39 is 0 Å². The minimum absolute atomic E-state index is 0.910. The molecule has 0 unspecified atom stereocenters. The molecule has 0 aliphatic carbocycles. The van der Waals surface area contributed by atoms with Crippen LogP contribution in [0.5, 0.6) is 11.5 Å². The Hall–Kier alpha value is -5.92. The maximum atomic E-state index is 6.47. The van der Waals surface area contributed by atoms with Crippen LogP contribution in [0.15, 0.2) is 158 Å². The quantitative estimate of drug-likeness (QED) is 0.188. The van der Waals surface area contributed by atoms with Crippen LogP contribution in [0, 0.1) is 0 Å². The number of para-hydroxylation sites is 1. The molecule has 1 aliphatic heterocycles. The van der Waals surface area contributed by atoms with Gasteiger partial charge in [-0.2, -0.15) is 0 Å². The normalized spacial score (nSPS) is 12.2. The van der Waals surface area contributed by atoms with Gasteiger partial charge in [0.25, 0.3) is 0 Å². The van der Waals surface area contributed by atoms with Gasteiger partial charge < -0.3 is 4.74 Å². The molecule has 1 heterocycles. The topological polar surface area (TPSA) is 9.23 Å². The summed E-state index contributed by atoms with van der Waals surface area (Å²) in [6.07, 6.45) is 0. The molecule has 10 rings (SSSR count). The van der Waals surface area contributed by atoms with E-state index in [1.54, 1.807) is 0 Å². The summed E-state index contributed by atoms with van der Waals surface area (Å²) in [7, 11) is 0. The Bertz CT molecular complexity index is 2570. The summed E-state index contributed by atoms with van der Waals surface area (Å²) in [6.45, 7) is 0. The van der Waals surface area contributed by atoms with Gasteiger partial charge in [0.2, 0.25) is 0 Å². The molecule has 9 aromatic rings. The van der Waals surface area contributed by atoms with Crippen molar-refractivity contribution in [3.63, 3.8) is 0 Å². The third kappa shape index (κ3) is 3.44. The number of fused-ring (bicyclic) bond motifs is 6. The van der Waals surface area contributed by atoms with Crippen molar-refractivity contribution in [2.24, 2.45) is 0 Å². The number of ether oxygens (including phenoxy) is 1. The van der Waals surface area contributed by atoms with Gasteiger partial charge in [-0.15, -0.1) is 0 Å². The van der Waals surface area contributed by atoms with E-state index in [1.807, 2.05) is 6.07 Å². The molecule has 1 heteroatoms. The van der Waals surface area contributed by atoms with Crippen LogP contribution in [-0.4, -0.2) is 0 Å². The number of rotatable bonds is 2. The largest absolute Gasteiger partial charge is 0.456 e. The van der Waals surface area contributed by atoms with Gasteiger partial charge in [-0.3, -0.25) is 0 Å². The van der Waals surface area contributed by atoms with E-state index in [0.717, 1.165) is 17.1 Å². The summed E-state index contributed by atoms with van der Waals surface area (Å²) < 4.78 is 6.47. The minimum Gasteiger partial charge on any atom is -0.456 e. The summed E-state index contributed by atoms with van der Waals surface area (Å²) in [6, 6.07) is 57.3. The summed E-state index contributed by atoms with van der Waals surface area (Å²) in [5, 5.41) is 12.5. The molecule has 0 saturated carbocycles. The molecule has 0 amide bonds. The van der Waals surface area contributed by atoms with Gasteiger partial charge in [0, 0.05) is 10.9 Å². The van der Waals surface area contributed by atoms with E-state index in [4.69, 9.17) is 4.74 Å². The summed E-state index contributed by atoms with van der Waals surface area (Å²) in [5.74, 6) is 1.82. The first kappa shape index (κ1) is 24.5. The van der Waals surface area contributed by atoms with Crippen molar-refractivity contribution >= 4 is 53.9 Å². The number of hydrogen-bond donors (Lipinski definition) is 0. The molecule has 208 valence electrons. The first-order valence-corrected chi connectivity index (χ1v) is 15.5. The first-order valence-electron chi connectivity index (χ1n) is 15.5. The zero-order chi connectivity index (χ0) is 29.5. The predicted molar refractivity (Wildman–Crippen MR) is 190 cm³/mol. The van der Waals surface area contributed by atoms with Crippen molar-refractivity contribution in [2.75, 3.05) is 0 Å². The van der Waals surface area contributed by atoms with E-state index in [9.17, 15) is 0 Å². The fourth-order valence-corrected chi connectivity index (χ4v) is 7.77. The average molecular weight is 571 g/mol. The van der Waals surface area contributed by atoms with Crippen LogP contribution in [0.3, 0.4) is 0 Å². The molecule has 0 spiro atoms. The van der Waals surface area contributed by atoms with Crippen LogP contribution in [0.2, 0.25) is 0 Å². The first-order chi connectivity index (χ1) is 22.3. The van der Waals surface area contributed by atoms with Crippen LogP contribution in [0.4, 0.5) is 0 Å². The standard InChI is InChI=1S/C44H26O/c1-3-14-29-27(12-1)26-28-13-2-4-15-30(28)43(29)44-36-19-7-5-17-33(36)41(34-18-6-8-20-37(34)44)38-24-25-40-42-32(21-11-22-35(38)42)31-16-9-10-23-39(31)45-40/h1-26H. The SMILES string of the molecule is c1ccc2c(c1)Oc1ccc(-c3c4ccccc4c(-c4c5ccccc5cc5ccccc45)c4ccccc34)c3cccc-2c13. The molecule has 1 nitrogen and oxygen atoms in total. The summed E-state index contributed by atoms with van der Waals surface area (Å²) in [4.78, 5) is 0. The van der Waals surface area contributed by atoms with Gasteiger partial charge in [0.15, 0.2) is 0 Å². The Labute approximate surface area is 260 Å². The molecule has 0 N–H and O–H groups in total. The highest BCUT2D eigenvalue weighted by Gasteiger charge is 2.24. The Balaban J connectivity index is 1.38. The maximum Gasteiger partial charge on any atom is 0.135 e. The van der Waals surface area contributed by atoms with E-state index in [-0.39, 0.29) is 0 Å². The molecule has 0 bridgehead atoms. The fourth-order valence-electron chi connectivity index (χ4n) is 7.77. The van der Waals surface area contributed by atoms with Gasteiger partial charge in [0.1, 0.15) is 11.5 Å². The second-order valence-corrected chi connectivity index (χ2v) is 12.0. The third-order valence-corrected chi connectivity index (χ3v) is 9.62. The highest BCUT2D eigenvalue weighted by molar-refractivity contribution is 6.29. The highest BCUT2D eigenvalue weighted by atomic mass is 16.5. The number of benzene rings is 9. The van der Waals surface area contributed by atoms with Crippen molar-refractivity contribution in [1.29, 1.82) is 0 Å². The zero-order valence-corrected chi connectivity index (χ0v) is 24.4. The Morgan fingerprint density at radius 2 is 0.778 bits per heavy atom. The van der Waals surface area contributed by atoms with E-state index in [0.29, 0.717) is 0 Å². The van der Waals surface area contributed by atoms with E-state index in [2.05, 4.69) is 152 Å². The van der Waals surface area contributed by atoms with Crippen molar-refractivity contribution in [2.45, 2.75) is 0 Å². The van der Waals surface area contributed by atoms with E-state index >= 15 is 0 Å². The van der Waals surface area contributed by atoms with Crippen molar-refractivity contribution in [3.05, 3.63) is 158 Å². The highest BCUT2D eigenvalue weighted by Crippen LogP contribution is 2.52. The van der Waals surface area contributed by atoms with Crippen molar-refractivity contribution < 1.29 is 4.74 Å². The Morgan fingerprint density at radius 3 is 1.44 bits per heavy atom. The smallest absolute Gasteiger partial charge is 0.135 e. The van der Waals surface area contributed by atoms with Crippen LogP contribution in [0.25, 0.3) is 87.2 Å². The monoisotopic (exact) mass is 570 g/mol. The molecule has 0 aromatic heterocycles. The molecule has 9 aromatic carbocycles.